The second-order valence-corrected chi connectivity index (χ2v) is 6.70. The van der Waals surface area contributed by atoms with Gasteiger partial charge in [-0.1, -0.05) is 54.3 Å². The van der Waals surface area contributed by atoms with Crippen LogP contribution < -0.4 is 5.69 Å². The third kappa shape index (κ3) is 4.54. The van der Waals surface area contributed by atoms with E-state index >= 15 is 0 Å². The van der Waals surface area contributed by atoms with Crippen LogP contribution in [0, 0.1) is 23.7 Å². The summed E-state index contributed by atoms with van der Waals surface area (Å²) in [7, 11) is 0. The molecule has 0 spiro atoms. The first-order chi connectivity index (χ1) is 14.5. The zero-order valence-electron chi connectivity index (χ0n) is 17.0. The van der Waals surface area contributed by atoms with Crippen molar-refractivity contribution in [2.45, 2.75) is 33.4 Å². The summed E-state index contributed by atoms with van der Waals surface area (Å²) in [4.78, 5) is 24.8. The summed E-state index contributed by atoms with van der Waals surface area (Å²) in [5, 5.41) is 9.74. The quantitative estimate of drug-likeness (QED) is 0.645. The maximum absolute atomic E-state index is 12.9. The molecule has 30 heavy (non-hydrogen) atoms. The Labute approximate surface area is 175 Å². The third-order valence-corrected chi connectivity index (χ3v) is 4.74. The highest BCUT2D eigenvalue weighted by Crippen LogP contribution is 2.25. The molecule has 3 rings (SSSR count). The fraction of sp³-hybridized carbons (Fsp3) is 0.200. The smallest absolute Gasteiger partial charge is 0.336 e. The van der Waals surface area contributed by atoms with E-state index in [2.05, 4.69) is 23.7 Å². The number of carboxylic acids is 1. The Morgan fingerprint density at radius 1 is 1.03 bits per heavy atom. The first-order valence-electron chi connectivity index (χ1n) is 9.54. The second kappa shape index (κ2) is 9.49. The number of hydrogen-bond acceptors (Lipinski definition) is 2. The minimum atomic E-state index is -1.00. The first kappa shape index (κ1) is 20.8. The van der Waals surface area contributed by atoms with Crippen molar-refractivity contribution in [1.29, 1.82) is 0 Å². The lowest BCUT2D eigenvalue weighted by Crippen LogP contribution is -2.25. The topological polar surface area (TPSA) is 64.2 Å². The Morgan fingerprint density at radius 3 is 2.43 bits per heavy atom. The number of aromatic nitrogens is 2. The molecule has 5 nitrogen and oxygen atoms in total. The van der Waals surface area contributed by atoms with Gasteiger partial charge in [-0.05, 0) is 36.6 Å². The molecule has 1 N–H and O–H groups in total. The summed E-state index contributed by atoms with van der Waals surface area (Å²) >= 11 is 0. The Morgan fingerprint density at radius 2 is 1.77 bits per heavy atom. The van der Waals surface area contributed by atoms with Crippen LogP contribution in [0.4, 0.5) is 0 Å². The van der Waals surface area contributed by atoms with Gasteiger partial charge in [-0.25, -0.2) is 9.59 Å². The lowest BCUT2D eigenvalue weighted by atomic mass is 9.97. The molecular weight excluding hydrogens is 376 g/mol. The molecule has 0 aliphatic heterocycles. The first-order valence-corrected chi connectivity index (χ1v) is 9.54. The van der Waals surface area contributed by atoms with E-state index in [1.54, 1.807) is 41.3 Å². The van der Waals surface area contributed by atoms with Gasteiger partial charge in [-0.2, -0.15) is 0 Å². The minimum Gasteiger partial charge on any atom is -0.478 e. The molecular formula is C25H22N2O3. The third-order valence-electron chi connectivity index (χ3n) is 4.74. The number of nitrogens with zero attached hydrogens (tertiary/aromatic N) is 2. The van der Waals surface area contributed by atoms with E-state index < -0.39 is 5.97 Å². The fourth-order valence-electron chi connectivity index (χ4n) is 3.27. The Kier molecular flexibility index (Phi) is 6.57. The molecule has 0 amide bonds. The molecule has 0 aliphatic carbocycles. The average Bonchev–Trinajstić information content (AvgIpc) is 3.05. The highest BCUT2D eigenvalue weighted by Gasteiger charge is 2.15. The maximum atomic E-state index is 12.9. The van der Waals surface area contributed by atoms with E-state index in [0.717, 1.165) is 16.8 Å². The van der Waals surface area contributed by atoms with Gasteiger partial charge in [0.15, 0.2) is 0 Å². The highest BCUT2D eigenvalue weighted by atomic mass is 16.4. The van der Waals surface area contributed by atoms with Crippen LogP contribution in [0.1, 0.15) is 35.5 Å². The molecule has 150 valence electrons. The van der Waals surface area contributed by atoms with Crippen LogP contribution in [-0.4, -0.2) is 20.2 Å². The number of rotatable bonds is 6. The van der Waals surface area contributed by atoms with Gasteiger partial charge in [-0.15, -0.1) is 11.8 Å². The van der Waals surface area contributed by atoms with Crippen LogP contribution in [0.5, 0.6) is 0 Å². The monoisotopic (exact) mass is 398 g/mol. The Bertz CT molecular complexity index is 1240. The van der Waals surface area contributed by atoms with Crippen LogP contribution in [0.25, 0.3) is 11.1 Å². The van der Waals surface area contributed by atoms with Crippen LogP contribution >= 0.6 is 0 Å². The van der Waals surface area contributed by atoms with E-state index in [-0.39, 0.29) is 17.8 Å². The zero-order chi connectivity index (χ0) is 21.5. The van der Waals surface area contributed by atoms with Crippen molar-refractivity contribution in [3.8, 4) is 34.8 Å². The summed E-state index contributed by atoms with van der Waals surface area (Å²) in [6.45, 7) is 4.06. The van der Waals surface area contributed by atoms with E-state index in [9.17, 15) is 14.7 Å². The molecule has 0 atom stereocenters. The van der Waals surface area contributed by atoms with Gasteiger partial charge in [0.25, 0.3) is 0 Å². The summed E-state index contributed by atoms with van der Waals surface area (Å²) in [5.41, 5.74) is 3.01. The number of imidazole rings is 1. The van der Waals surface area contributed by atoms with Gasteiger partial charge in [0.2, 0.25) is 0 Å². The van der Waals surface area contributed by atoms with Gasteiger partial charge in [0.05, 0.1) is 30.8 Å². The van der Waals surface area contributed by atoms with Crippen molar-refractivity contribution in [3.63, 3.8) is 0 Å². The summed E-state index contributed by atoms with van der Waals surface area (Å²) in [6.07, 6.45) is 2.21. The van der Waals surface area contributed by atoms with Crippen LogP contribution in [0.15, 0.2) is 59.5 Å². The molecule has 0 fully saturated rings. The van der Waals surface area contributed by atoms with Crippen LogP contribution in [0.3, 0.4) is 0 Å². The molecule has 3 aromatic rings. The Balaban J connectivity index is 2.03. The standard InChI is InChI=1S/C25H22N2O3/c1-3-5-12-21-18-26(15-6-4-2)25(30)27(21)17-19-13-14-22(23(16-19)24(28)29)20-10-8-7-9-11-20/h7-11,13-14,16,18H,12,15,17H2,1-2H3,(H,28,29). The normalized spacial score (nSPS) is 9.93. The van der Waals surface area contributed by atoms with E-state index in [1.165, 1.54) is 0 Å². The predicted molar refractivity (Wildman–Crippen MR) is 117 cm³/mol. The molecule has 0 aliphatic rings. The van der Waals surface area contributed by atoms with Crippen LogP contribution in [-0.2, 0) is 19.5 Å². The number of hydrogen-bond donors (Lipinski definition) is 1. The fourth-order valence-corrected chi connectivity index (χ4v) is 3.27. The summed E-state index contributed by atoms with van der Waals surface area (Å²) in [6, 6.07) is 14.7. The largest absolute Gasteiger partial charge is 0.478 e. The molecule has 0 radical (unpaired) electrons. The maximum Gasteiger partial charge on any atom is 0.336 e. The number of carbonyl (C=O) groups is 1. The van der Waals surface area contributed by atoms with Crippen LogP contribution in [0.2, 0.25) is 0 Å². The van der Waals surface area contributed by atoms with Gasteiger partial charge < -0.3 is 5.11 Å². The second-order valence-electron chi connectivity index (χ2n) is 6.70. The number of aromatic carboxylic acids is 1. The summed E-state index contributed by atoms with van der Waals surface area (Å²) < 4.78 is 3.18. The van der Waals surface area contributed by atoms with E-state index in [0.29, 0.717) is 18.5 Å². The van der Waals surface area contributed by atoms with Crippen molar-refractivity contribution in [2.24, 2.45) is 0 Å². The zero-order valence-corrected chi connectivity index (χ0v) is 17.0. The van der Waals surface area contributed by atoms with Gasteiger partial charge in [0, 0.05) is 6.20 Å². The number of carboxylic acid groups (broad SMARTS) is 1. The predicted octanol–water partition coefficient (Wildman–Crippen LogP) is 3.65. The molecule has 1 aromatic heterocycles. The molecule has 2 aromatic carbocycles. The molecule has 0 saturated heterocycles. The molecule has 0 saturated carbocycles. The minimum absolute atomic E-state index is 0.185. The average molecular weight is 398 g/mol. The van der Waals surface area contributed by atoms with Crippen molar-refractivity contribution in [3.05, 3.63) is 82.0 Å². The highest BCUT2D eigenvalue weighted by molar-refractivity contribution is 5.96. The molecule has 0 bridgehead atoms. The van der Waals surface area contributed by atoms with E-state index in [1.807, 2.05) is 36.4 Å². The lowest BCUT2D eigenvalue weighted by Gasteiger charge is -2.11. The van der Waals surface area contributed by atoms with Crippen molar-refractivity contribution >= 4 is 5.97 Å². The van der Waals surface area contributed by atoms with Gasteiger partial charge in [-0.3, -0.25) is 9.13 Å². The van der Waals surface area contributed by atoms with Gasteiger partial charge >= 0.3 is 11.7 Å². The van der Waals surface area contributed by atoms with Crippen molar-refractivity contribution < 1.29 is 9.90 Å². The van der Waals surface area contributed by atoms with Crippen molar-refractivity contribution in [2.75, 3.05) is 0 Å². The van der Waals surface area contributed by atoms with Crippen molar-refractivity contribution in [1.82, 2.24) is 9.13 Å². The van der Waals surface area contributed by atoms with Gasteiger partial charge in [0.1, 0.15) is 0 Å². The SMILES string of the molecule is CC#CCc1cn(CC#CC)c(=O)n1Cc1ccc(-c2ccccc2)c(C(=O)O)c1. The lowest BCUT2D eigenvalue weighted by molar-refractivity contribution is 0.0697. The molecule has 5 heteroatoms. The molecule has 1 heterocycles. The summed E-state index contributed by atoms with van der Waals surface area (Å²) in [5.74, 6) is 10.5. The number of benzene rings is 2. The molecule has 0 unspecified atom stereocenters. The van der Waals surface area contributed by atoms with E-state index in [4.69, 9.17) is 0 Å². The Hall–Kier alpha value is -3.96.